The summed E-state index contributed by atoms with van der Waals surface area (Å²) < 4.78 is 17.7. The van der Waals surface area contributed by atoms with E-state index in [1.54, 1.807) is 109 Å². The lowest BCUT2D eigenvalue weighted by Crippen LogP contribution is -2.60. The van der Waals surface area contributed by atoms with Gasteiger partial charge in [0.2, 0.25) is 41.4 Å². The number of hydrogen-bond acceptors (Lipinski definition) is 15. The van der Waals surface area contributed by atoms with Crippen LogP contribution in [0.1, 0.15) is 131 Å². The fourth-order valence-electron chi connectivity index (χ4n) is 11.3. The van der Waals surface area contributed by atoms with Crippen molar-refractivity contribution in [2.45, 2.75) is 194 Å². The number of primary amides is 1. The summed E-state index contributed by atoms with van der Waals surface area (Å²) in [4.78, 5) is 139. The van der Waals surface area contributed by atoms with Crippen LogP contribution >= 0.6 is 0 Å². The average Bonchev–Trinajstić information content (AvgIpc) is 1.52. The third kappa shape index (κ3) is 23.4. The van der Waals surface area contributed by atoms with E-state index in [2.05, 4.69) is 31.9 Å². The fraction of sp³-hybridized carbons (Fsp3) is 0.656. The number of nitrogens with two attached hydrogens (primary N) is 3. The number of amides is 10. The fourth-order valence-corrected chi connectivity index (χ4v) is 11.3. The number of carboxylic acids is 1. The van der Waals surface area contributed by atoms with Crippen LogP contribution in [0.25, 0.3) is 0 Å². The molecule has 10 amide bonds. The minimum absolute atomic E-state index is 0.0791. The topological polar surface area (TPSA) is 379 Å². The second-order valence-corrected chi connectivity index (χ2v) is 24.6. The van der Waals surface area contributed by atoms with Crippen LogP contribution in [0.2, 0.25) is 0 Å². The summed E-state index contributed by atoms with van der Waals surface area (Å²) in [6, 6.07) is 7.10. The van der Waals surface area contributed by atoms with Crippen molar-refractivity contribution in [3.8, 4) is 0 Å². The van der Waals surface area contributed by atoms with Gasteiger partial charge in [-0.25, -0.2) is 14.4 Å². The molecule has 1 aliphatic heterocycles. The zero-order chi connectivity index (χ0) is 67.5. The van der Waals surface area contributed by atoms with Gasteiger partial charge in [-0.1, -0.05) is 118 Å². The van der Waals surface area contributed by atoms with Crippen molar-refractivity contribution in [1.82, 2.24) is 41.3 Å². The summed E-state index contributed by atoms with van der Waals surface area (Å²) in [5.74, 6) is -7.02. The minimum Gasteiger partial charge on any atom is -0.480 e. The third-order valence-corrected chi connectivity index (χ3v) is 16.7. The Hall–Kier alpha value is -7.42. The Morgan fingerprint density at radius 2 is 1.32 bits per heavy atom. The summed E-state index contributed by atoms with van der Waals surface area (Å²) in [6.07, 6.45) is 1.36. The molecule has 13 N–H and O–H groups in total. The summed E-state index contributed by atoms with van der Waals surface area (Å²) in [5.41, 5.74) is 18.5. The lowest BCUT2D eigenvalue weighted by atomic mass is 9.89. The van der Waals surface area contributed by atoms with E-state index in [9.17, 15) is 53.1 Å². The van der Waals surface area contributed by atoms with Crippen LogP contribution in [0, 0.1) is 29.6 Å². The Morgan fingerprint density at radius 1 is 0.700 bits per heavy atom. The van der Waals surface area contributed by atoms with Gasteiger partial charge >= 0.3 is 18.1 Å². The minimum atomic E-state index is -1.19. The summed E-state index contributed by atoms with van der Waals surface area (Å²) in [5, 5.41) is 26.3. The molecule has 3 unspecified atom stereocenters. The Bertz CT molecular complexity index is 2650. The summed E-state index contributed by atoms with van der Waals surface area (Å²) >= 11 is 0. The zero-order valence-corrected chi connectivity index (χ0v) is 55.1. The number of unbranched alkanes of at least 4 members (excludes halogenated alkanes) is 1. The first-order chi connectivity index (χ1) is 42.5. The third-order valence-electron chi connectivity index (χ3n) is 16.7. The monoisotopic (exact) mass is 1260 g/mol. The summed E-state index contributed by atoms with van der Waals surface area (Å²) in [7, 11) is 5.98. The molecule has 2 aromatic carbocycles. The van der Waals surface area contributed by atoms with E-state index in [0.29, 0.717) is 62.9 Å². The number of methoxy groups -OCH3 is 2. The van der Waals surface area contributed by atoms with Crippen LogP contribution in [0.3, 0.4) is 0 Å². The predicted octanol–water partition coefficient (Wildman–Crippen LogP) is 3.62. The number of ether oxygens (including phenoxy) is 3. The van der Waals surface area contributed by atoms with Crippen molar-refractivity contribution >= 4 is 65.1 Å². The molecule has 26 nitrogen and oxygen atoms in total. The standard InChI is InChI=1S/C64H104N12O14/c1-14-40(8)54(49(88-12)35-50(77)76-33-21-26-48(76)55(89-13)41(9)56(78)71-47(62(84)85)34-42-22-16-15-17-23-42)74(10)61(83)52(38(4)5)73-60(82)53(39(6)7)75(11)64(87)90-36-43-27-29-44(30-28-43)69-58(80)46(25-20-32-68-63(67)86)70-59(81)51(37(2)3)72-57(79)45(66)24-18-19-31-65/h15-17,22-23,27-30,37-41,45-49,51-55H,14,18-21,24-26,31-36,65-66H2,1-13H3,(H,69,80)(H,70,81)(H,71,78)(H,72,79)(H,73,82)(H,84,85)(H3,67,68,86)/t40-,41+,45?,46?,47?,48-,49+,51-,52-,53-,54-,55+/m0/s1. The quantitative estimate of drug-likeness (QED) is 0.0429. The molecule has 0 saturated carbocycles. The molecule has 12 atom stereocenters. The highest BCUT2D eigenvalue weighted by atomic mass is 16.6. The van der Waals surface area contributed by atoms with E-state index >= 15 is 0 Å². The second-order valence-electron chi connectivity index (χ2n) is 24.6. The predicted molar refractivity (Wildman–Crippen MR) is 341 cm³/mol. The van der Waals surface area contributed by atoms with Crippen LogP contribution in [-0.2, 0) is 65.6 Å². The molecule has 1 fully saturated rings. The molecule has 1 saturated heterocycles. The number of nitrogens with one attached hydrogen (secondary N) is 6. The van der Waals surface area contributed by atoms with Gasteiger partial charge in [0.1, 0.15) is 36.8 Å². The van der Waals surface area contributed by atoms with Crippen molar-refractivity contribution in [3.05, 3.63) is 65.7 Å². The highest BCUT2D eigenvalue weighted by Crippen LogP contribution is 2.30. The Labute approximate surface area is 531 Å². The molecule has 0 spiro atoms. The van der Waals surface area contributed by atoms with Gasteiger partial charge < -0.3 is 78.2 Å². The maximum absolute atomic E-state index is 14.8. The molecule has 504 valence electrons. The van der Waals surface area contributed by atoms with Crippen molar-refractivity contribution in [2.24, 2.45) is 46.8 Å². The van der Waals surface area contributed by atoms with E-state index in [1.165, 1.54) is 31.1 Å². The maximum Gasteiger partial charge on any atom is 0.410 e. The van der Waals surface area contributed by atoms with Crippen LogP contribution in [0.15, 0.2) is 54.6 Å². The SMILES string of the molecule is CC[C@H](C)[C@@H]([C@@H](CC(=O)N1CCC[C@H]1[C@H](OC)[C@@H](C)C(=O)NC(Cc1ccccc1)C(=O)O)OC)N(C)C(=O)[C@@H](NC(=O)[C@H](C(C)C)N(C)C(=O)OCc1ccc(NC(=O)C(CCCNC(N)=O)NC(=O)[C@@H](NC(=O)C(N)CCCCN)C(C)C)cc1)C(C)C. The van der Waals surface area contributed by atoms with Gasteiger partial charge in [-0.2, -0.15) is 0 Å². The molecule has 90 heavy (non-hydrogen) atoms. The number of carbonyl (C=O) groups excluding carboxylic acids is 9. The molecule has 26 heteroatoms. The molecule has 0 aliphatic carbocycles. The van der Waals surface area contributed by atoms with Crippen molar-refractivity contribution < 1.29 is 67.3 Å². The molecular weight excluding hydrogens is 1160 g/mol. The first-order valence-corrected chi connectivity index (χ1v) is 31.4. The molecular formula is C64H104N12O14. The van der Waals surface area contributed by atoms with Crippen LogP contribution < -0.4 is 49.1 Å². The number of likely N-dealkylation sites (tertiary alicyclic amines) is 1. The van der Waals surface area contributed by atoms with E-state index in [-0.39, 0.29) is 56.6 Å². The number of carboxylic acid groups (broad SMARTS) is 1. The number of carbonyl (C=O) groups is 10. The Balaban J connectivity index is 1.72. The number of likely N-dealkylation sites (N-methyl/N-ethyl adjacent to an activating group) is 2. The zero-order valence-electron chi connectivity index (χ0n) is 55.1. The maximum atomic E-state index is 14.8. The van der Waals surface area contributed by atoms with Crippen LogP contribution in [0.5, 0.6) is 0 Å². The molecule has 0 aromatic heterocycles. The molecule has 0 radical (unpaired) electrons. The number of hydrogen-bond donors (Lipinski definition) is 10. The first-order valence-electron chi connectivity index (χ1n) is 31.4. The molecule has 0 bridgehead atoms. The highest BCUT2D eigenvalue weighted by molar-refractivity contribution is 5.99. The number of aliphatic carboxylic acids is 1. The molecule has 2 aromatic rings. The number of benzene rings is 2. The van der Waals surface area contributed by atoms with E-state index < -0.39 is 132 Å². The average molecular weight is 1270 g/mol. The van der Waals surface area contributed by atoms with Crippen molar-refractivity contribution in [3.63, 3.8) is 0 Å². The number of rotatable bonds is 38. The first kappa shape index (κ1) is 76.8. The largest absolute Gasteiger partial charge is 0.480 e. The molecule has 1 heterocycles. The van der Waals surface area contributed by atoms with Gasteiger partial charge in [0.25, 0.3) is 0 Å². The van der Waals surface area contributed by atoms with Gasteiger partial charge in [0.05, 0.1) is 42.7 Å². The van der Waals surface area contributed by atoms with Gasteiger partial charge in [-0.15, -0.1) is 0 Å². The van der Waals surface area contributed by atoms with Gasteiger partial charge in [0, 0.05) is 53.5 Å². The van der Waals surface area contributed by atoms with Crippen LogP contribution in [0.4, 0.5) is 15.3 Å². The van der Waals surface area contributed by atoms with Gasteiger partial charge in [-0.3, -0.25) is 38.5 Å². The Kier molecular flexibility index (Phi) is 32.7. The van der Waals surface area contributed by atoms with Gasteiger partial charge in [0.15, 0.2) is 0 Å². The molecule has 3 rings (SSSR count). The lowest BCUT2D eigenvalue weighted by Gasteiger charge is -2.41. The smallest absolute Gasteiger partial charge is 0.410 e. The Morgan fingerprint density at radius 3 is 1.88 bits per heavy atom. The number of urea groups is 1. The van der Waals surface area contributed by atoms with E-state index in [0.717, 1.165) is 5.56 Å². The van der Waals surface area contributed by atoms with Crippen molar-refractivity contribution in [1.29, 1.82) is 0 Å². The number of nitrogens with zero attached hydrogens (tertiary/aromatic N) is 3. The second kappa shape index (κ2) is 38.3. The normalized spacial score (nSPS) is 16.8. The van der Waals surface area contributed by atoms with Gasteiger partial charge in [-0.05, 0) is 92.0 Å². The van der Waals surface area contributed by atoms with Crippen molar-refractivity contribution in [2.75, 3.05) is 53.3 Å². The lowest BCUT2D eigenvalue weighted by molar-refractivity contribution is -0.148. The van der Waals surface area contributed by atoms with Crippen LogP contribution in [-0.4, -0.2) is 188 Å². The number of anilines is 1. The van der Waals surface area contributed by atoms with E-state index in [1.807, 2.05) is 19.9 Å². The van der Waals surface area contributed by atoms with E-state index in [4.69, 9.17) is 31.4 Å². The summed E-state index contributed by atoms with van der Waals surface area (Å²) in [6.45, 7) is 16.9. The molecule has 1 aliphatic rings. The highest BCUT2D eigenvalue weighted by Gasteiger charge is 2.44.